The second kappa shape index (κ2) is 10.5. The molecule has 1 aliphatic rings. The highest BCUT2D eigenvalue weighted by atomic mass is 19.4. The molecule has 0 N–H and O–H groups in total. The average Bonchev–Trinajstić information content (AvgIpc) is 2.85. The third-order valence-electron chi connectivity index (χ3n) is 6.47. The van der Waals surface area contributed by atoms with Crippen molar-refractivity contribution in [2.75, 3.05) is 25.1 Å². The second-order valence-electron chi connectivity index (χ2n) is 8.88. The molecule has 4 rings (SSSR count). The molecular weight excluding hydrogens is 453 g/mol. The van der Waals surface area contributed by atoms with E-state index >= 15 is 0 Å². The summed E-state index contributed by atoms with van der Waals surface area (Å²) >= 11 is 0. The van der Waals surface area contributed by atoms with E-state index in [0.29, 0.717) is 37.2 Å². The van der Waals surface area contributed by atoms with Gasteiger partial charge in [-0.15, -0.1) is 0 Å². The fourth-order valence-corrected chi connectivity index (χ4v) is 4.73. The molecule has 35 heavy (non-hydrogen) atoms. The number of likely N-dealkylation sites (tertiary alicyclic amines) is 1. The monoisotopic (exact) mass is 482 g/mol. The van der Waals surface area contributed by atoms with Crippen LogP contribution in [0.2, 0.25) is 0 Å². The zero-order valence-corrected chi connectivity index (χ0v) is 19.9. The van der Waals surface area contributed by atoms with Crippen LogP contribution in [0.3, 0.4) is 0 Å². The van der Waals surface area contributed by atoms with Crippen LogP contribution in [0.4, 0.5) is 18.9 Å². The van der Waals surface area contributed by atoms with Crippen LogP contribution in [0.1, 0.15) is 39.9 Å². The first kappa shape index (κ1) is 24.8. The van der Waals surface area contributed by atoms with Crippen LogP contribution >= 0.6 is 0 Å². The molecule has 0 atom stereocenters. The van der Waals surface area contributed by atoms with E-state index in [2.05, 4.69) is 0 Å². The van der Waals surface area contributed by atoms with E-state index in [1.165, 1.54) is 6.07 Å². The Bertz CT molecular complexity index is 1170. The largest absolute Gasteiger partial charge is 0.496 e. The molecule has 1 saturated heterocycles. The summed E-state index contributed by atoms with van der Waals surface area (Å²) in [6.07, 6.45) is -3.07. The molecule has 3 aromatic carbocycles. The number of para-hydroxylation sites is 1. The molecule has 0 aliphatic carbocycles. The average molecular weight is 483 g/mol. The van der Waals surface area contributed by atoms with Crippen LogP contribution in [-0.2, 0) is 12.7 Å². The van der Waals surface area contributed by atoms with Gasteiger partial charge in [0.2, 0.25) is 0 Å². The van der Waals surface area contributed by atoms with E-state index in [0.717, 1.165) is 17.3 Å². The highest BCUT2D eigenvalue weighted by Crippen LogP contribution is 2.34. The van der Waals surface area contributed by atoms with Gasteiger partial charge in [0.25, 0.3) is 5.91 Å². The Hall–Kier alpha value is -3.32. The molecule has 184 valence electrons. The van der Waals surface area contributed by atoms with Crippen molar-refractivity contribution < 1.29 is 22.7 Å². The van der Waals surface area contributed by atoms with Gasteiger partial charge in [0.1, 0.15) is 5.75 Å². The molecular formula is C28H29F3N2O2. The SMILES string of the molecule is COc1ccccc1C(=O)N(c1cccc(C)c1)C1CCN(Cc2ccccc2C(F)(F)F)CC1. The van der Waals surface area contributed by atoms with Crippen molar-refractivity contribution in [3.63, 3.8) is 0 Å². The van der Waals surface area contributed by atoms with Gasteiger partial charge >= 0.3 is 6.18 Å². The number of alkyl halides is 3. The van der Waals surface area contributed by atoms with Crippen molar-refractivity contribution in [3.8, 4) is 5.75 Å². The number of rotatable bonds is 6. The molecule has 0 unspecified atom stereocenters. The minimum atomic E-state index is -4.38. The summed E-state index contributed by atoms with van der Waals surface area (Å²) in [6, 6.07) is 20.6. The minimum absolute atomic E-state index is 0.0803. The summed E-state index contributed by atoms with van der Waals surface area (Å²) < 4.78 is 45.7. The van der Waals surface area contributed by atoms with Gasteiger partial charge in [0.15, 0.2) is 0 Å². The van der Waals surface area contributed by atoms with Crippen LogP contribution in [0.5, 0.6) is 5.75 Å². The zero-order chi connectivity index (χ0) is 25.0. The van der Waals surface area contributed by atoms with Crippen LogP contribution in [0.15, 0.2) is 72.8 Å². The molecule has 0 aromatic heterocycles. The number of ether oxygens (including phenoxy) is 1. The van der Waals surface area contributed by atoms with Crippen molar-refractivity contribution in [1.82, 2.24) is 4.90 Å². The standard InChI is InChI=1S/C28H29F3N2O2/c1-20-8-7-10-23(18-20)33(27(34)24-11-4-6-13-26(24)35-2)22-14-16-32(17-15-22)19-21-9-3-5-12-25(21)28(29,30)31/h3-13,18,22H,14-17,19H2,1-2H3. The van der Waals surface area contributed by atoms with Crippen LogP contribution in [0.25, 0.3) is 0 Å². The lowest BCUT2D eigenvalue weighted by Gasteiger charge is -2.39. The van der Waals surface area contributed by atoms with Gasteiger partial charge in [-0.3, -0.25) is 9.69 Å². The lowest BCUT2D eigenvalue weighted by Crippen LogP contribution is -2.47. The maximum atomic E-state index is 13.8. The van der Waals surface area contributed by atoms with E-state index in [-0.39, 0.29) is 24.1 Å². The summed E-state index contributed by atoms with van der Waals surface area (Å²) in [5.74, 6) is 0.366. The Balaban J connectivity index is 1.55. The Morgan fingerprint density at radius 3 is 2.37 bits per heavy atom. The zero-order valence-electron chi connectivity index (χ0n) is 19.9. The van der Waals surface area contributed by atoms with Crippen molar-refractivity contribution in [2.24, 2.45) is 0 Å². The second-order valence-corrected chi connectivity index (χ2v) is 8.88. The number of halogens is 3. The van der Waals surface area contributed by atoms with Crippen LogP contribution < -0.4 is 9.64 Å². The van der Waals surface area contributed by atoms with Crippen molar-refractivity contribution >= 4 is 11.6 Å². The molecule has 0 radical (unpaired) electrons. The number of nitrogens with zero attached hydrogens (tertiary/aromatic N) is 2. The number of carbonyl (C=O) groups is 1. The highest BCUT2D eigenvalue weighted by molar-refractivity contribution is 6.08. The van der Waals surface area contributed by atoms with Gasteiger partial charge in [-0.05, 0) is 61.2 Å². The fraction of sp³-hybridized carbons (Fsp3) is 0.321. The molecule has 0 saturated carbocycles. The molecule has 1 fully saturated rings. The van der Waals surface area contributed by atoms with E-state index < -0.39 is 11.7 Å². The quantitative estimate of drug-likeness (QED) is 0.411. The van der Waals surface area contributed by atoms with Crippen LogP contribution in [0, 0.1) is 6.92 Å². The first-order valence-electron chi connectivity index (χ1n) is 11.7. The minimum Gasteiger partial charge on any atom is -0.496 e. The summed E-state index contributed by atoms with van der Waals surface area (Å²) in [6.45, 7) is 3.40. The predicted octanol–water partition coefficient (Wildman–Crippen LogP) is 6.33. The Morgan fingerprint density at radius 1 is 1.00 bits per heavy atom. The third kappa shape index (κ3) is 5.68. The van der Waals surface area contributed by atoms with Gasteiger partial charge in [0.05, 0.1) is 18.2 Å². The molecule has 3 aromatic rings. The smallest absolute Gasteiger partial charge is 0.416 e. The topological polar surface area (TPSA) is 32.8 Å². The molecule has 0 spiro atoms. The van der Waals surface area contributed by atoms with Crippen molar-refractivity contribution in [2.45, 2.75) is 38.5 Å². The molecule has 1 aliphatic heterocycles. The summed E-state index contributed by atoms with van der Waals surface area (Å²) in [5.41, 5.74) is 2.02. The molecule has 1 heterocycles. The molecule has 0 bridgehead atoms. The lowest BCUT2D eigenvalue weighted by atomic mass is 9.99. The number of methoxy groups -OCH3 is 1. The van der Waals surface area contributed by atoms with E-state index in [1.54, 1.807) is 31.4 Å². The van der Waals surface area contributed by atoms with Crippen LogP contribution in [-0.4, -0.2) is 37.0 Å². The third-order valence-corrected chi connectivity index (χ3v) is 6.47. The molecule has 4 nitrogen and oxygen atoms in total. The molecule has 7 heteroatoms. The lowest BCUT2D eigenvalue weighted by molar-refractivity contribution is -0.138. The number of anilines is 1. The number of aryl methyl sites for hydroxylation is 1. The van der Waals surface area contributed by atoms with Gasteiger partial charge in [-0.25, -0.2) is 0 Å². The first-order chi connectivity index (χ1) is 16.8. The van der Waals surface area contributed by atoms with Crippen molar-refractivity contribution in [1.29, 1.82) is 0 Å². The van der Waals surface area contributed by atoms with Gasteiger partial charge in [-0.2, -0.15) is 13.2 Å². The fourth-order valence-electron chi connectivity index (χ4n) is 4.73. The summed E-state index contributed by atoms with van der Waals surface area (Å²) in [7, 11) is 1.54. The van der Waals surface area contributed by atoms with Crippen molar-refractivity contribution in [3.05, 3.63) is 95.1 Å². The number of hydrogen-bond donors (Lipinski definition) is 0. The number of hydrogen-bond acceptors (Lipinski definition) is 3. The van der Waals surface area contributed by atoms with Gasteiger partial charge in [0, 0.05) is 31.4 Å². The van der Waals surface area contributed by atoms with Gasteiger partial charge < -0.3 is 9.64 Å². The summed E-state index contributed by atoms with van der Waals surface area (Å²) in [4.78, 5) is 17.6. The maximum absolute atomic E-state index is 13.8. The van der Waals surface area contributed by atoms with E-state index in [1.807, 2.05) is 53.1 Å². The molecule has 1 amide bonds. The van der Waals surface area contributed by atoms with Gasteiger partial charge in [-0.1, -0.05) is 42.5 Å². The predicted molar refractivity (Wildman–Crippen MR) is 131 cm³/mol. The highest BCUT2D eigenvalue weighted by Gasteiger charge is 2.35. The first-order valence-corrected chi connectivity index (χ1v) is 11.7. The normalized spacial score (nSPS) is 15.1. The van der Waals surface area contributed by atoms with E-state index in [9.17, 15) is 18.0 Å². The van der Waals surface area contributed by atoms with E-state index in [4.69, 9.17) is 4.74 Å². The number of carbonyl (C=O) groups excluding carboxylic acids is 1. The Kier molecular flexibility index (Phi) is 7.45. The Morgan fingerprint density at radius 2 is 1.69 bits per heavy atom. The maximum Gasteiger partial charge on any atom is 0.416 e. The number of amides is 1. The Labute approximate surface area is 203 Å². The number of benzene rings is 3. The summed E-state index contributed by atoms with van der Waals surface area (Å²) in [5, 5.41) is 0. The number of piperidine rings is 1.